The van der Waals surface area contributed by atoms with Crippen molar-refractivity contribution in [2.24, 2.45) is 4.99 Å². The molecule has 1 saturated heterocycles. The van der Waals surface area contributed by atoms with Crippen LogP contribution < -0.4 is 10.6 Å². The SMILES string of the molecule is O=C1N[C@@]2(CCCNC2)N=C1c1ccccc1. The normalized spacial score (nSPS) is 28.0. The van der Waals surface area contributed by atoms with Gasteiger partial charge in [0.2, 0.25) is 0 Å². The summed E-state index contributed by atoms with van der Waals surface area (Å²) >= 11 is 0. The average molecular weight is 229 g/mol. The number of carbonyl (C=O) groups excluding carboxylic acids is 1. The van der Waals surface area contributed by atoms with Crippen molar-refractivity contribution < 1.29 is 4.79 Å². The molecule has 1 aromatic carbocycles. The van der Waals surface area contributed by atoms with Gasteiger partial charge in [-0.15, -0.1) is 0 Å². The molecule has 1 fully saturated rings. The van der Waals surface area contributed by atoms with E-state index in [9.17, 15) is 4.79 Å². The highest BCUT2D eigenvalue weighted by Crippen LogP contribution is 2.23. The van der Waals surface area contributed by atoms with Gasteiger partial charge in [-0.2, -0.15) is 0 Å². The van der Waals surface area contributed by atoms with Gasteiger partial charge in [-0.25, -0.2) is 4.99 Å². The molecule has 0 aromatic heterocycles. The molecule has 2 aliphatic rings. The van der Waals surface area contributed by atoms with Crippen LogP contribution in [-0.4, -0.2) is 30.4 Å². The number of amides is 1. The van der Waals surface area contributed by atoms with E-state index < -0.39 is 5.66 Å². The summed E-state index contributed by atoms with van der Waals surface area (Å²) in [4.78, 5) is 16.6. The molecule has 88 valence electrons. The second-order valence-corrected chi connectivity index (χ2v) is 4.59. The van der Waals surface area contributed by atoms with Gasteiger partial charge in [0.25, 0.3) is 5.91 Å². The lowest BCUT2D eigenvalue weighted by Crippen LogP contribution is -2.53. The molecule has 1 atom stereocenters. The van der Waals surface area contributed by atoms with Crippen molar-refractivity contribution in [1.29, 1.82) is 0 Å². The summed E-state index contributed by atoms with van der Waals surface area (Å²) in [5, 5.41) is 6.30. The molecule has 4 nitrogen and oxygen atoms in total. The number of piperidine rings is 1. The molecule has 1 aromatic rings. The fourth-order valence-corrected chi connectivity index (χ4v) is 2.45. The zero-order chi connectivity index (χ0) is 11.7. The molecular formula is C13H15N3O. The lowest BCUT2D eigenvalue weighted by Gasteiger charge is -2.30. The van der Waals surface area contributed by atoms with Crippen molar-refractivity contribution in [3.8, 4) is 0 Å². The first-order valence-corrected chi connectivity index (χ1v) is 5.98. The molecule has 0 unspecified atom stereocenters. The molecule has 0 aliphatic carbocycles. The molecule has 0 radical (unpaired) electrons. The Morgan fingerprint density at radius 3 is 2.76 bits per heavy atom. The third kappa shape index (κ3) is 1.85. The van der Waals surface area contributed by atoms with Gasteiger partial charge >= 0.3 is 0 Å². The molecule has 3 rings (SSSR count). The van der Waals surface area contributed by atoms with Crippen LogP contribution in [0.4, 0.5) is 0 Å². The quantitative estimate of drug-likeness (QED) is 0.744. The second-order valence-electron chi connectivity index (χ2n) is 4.59. The molecule has 17 heavy (non-hydrogen) atoms. The van der Waals surface area contributed by atoms with Gasteiger partial charge in [0.15, 0.2) is 0 Å². The van der Waals surface area contributed by atoms with Gasteiger partial charge in [0, 0.05) is 12.1 Å². The molecule has 0 bridgehead atoms. The van der Waals surface area contributed by atoms with Gasteiger partial charge < -0.3 is 10.6 Å². The van der Waals surface area contributed by atoms with Gasteiger partial charge in [-0.1, -0.05) is 30.3 Å². The number of rotatable bonds is 1. The van der Waals surface area contributed by atoms with Crippen LogP contribution in [0, 0.1) is 0 Å². The topological polar surface area (TPSA) is 53.5 Å². The van der Waals surface area contributed by atoms with Crippen LogP contribution in [-0.2, 0) is 4.79 Å². The predicted octanol–water partition coefficient (Wildman–Crippen LogP) is 0.685. The highest BCUT2D eigenvalue weighted by molar-refractivity contribution is 6.46. The van der Waals surface area contributed by atoms with Crippen LogP contribution in [0.3, 0.4) is 0 Å². The summed E-state index contributed by atoms with van der Waals surface area (Å²) in [5.74, 6) is -0.0556. The van der Waals surface area contributed by atoms with E-state index in [1.165, 1.54) is 0 Å². The van der Waals surface area contributed by atoms with E-state index in [2.05, 4.69) is 15.6 Å². The number of carbonyl (C=O) groups is 1. The smallest absolute Gasteiger partial charge is 0.272 e. The predicted molar refractivity (Wildman–Crippen MR) is 66.0 cm³/mol. The standard InChI is InChI=1S/C13H15N3O/c17-12-11(10-5-2-1-3-6-10)15-13(16-12)7-4-8-14-9-13/h1-3,5-6,14H,4,7-9H2,(H,16,17)/t13-/m1/s1. The van der Waals surface area contributed by atoms with Crippen molar-refractivity contribution in [2.75, 3.05) is 13.1 Å². The van der Waals surface area contributed by atoms with Gasteiger partial charge in [0.1, 0.15) is 11.4 Å². The molecule has 2 N–H and O–H groups in total. The summed E-state index contributed by atoms with van der Waals surface area (Å²) in [6.07, 6.45) is 1.97. The van der Waals surface area contributed by atoms with Crippen LogP contribution in [0.2, 0.25) is 0 Å². The van der Waals surface area contributed by atoms with Gasteiger partial charge in [-0.3, -0.25) is 4.79 Å². The first-order valence-electron chi connectivity index (χ1n) is 5.98. The number of nitrogens with one attached hydrogen (secondary N) is 2. The van der Waals surface area contributed by atoms with Crippen molar-refractivity contribution in [1.82, 2.24) is 10.6 Å². The van der Waals surface area contributed by atoms with Crippen molar-refractivity contribution in [3.63, 3.8) is 0 Å². The summed E-state index contributed by atoms with van der Waals surface area (Å²) < 4.78 is 0. The Labute approximate surface area is 100 Å². The molecule has 2 aliphatic heterocycles. The Morgan fingerprint density at radius 1 is 1.24 bits per heavy atom. The maximum atomic E-state index is 12.0. The number of hydrogen-bond donors (Lipinski definition) is 2. The van der Waals surface area contributed by atoms with Crippen LogP contribution >= 0.6 is 0 Å². The van der Waals surface area contributed by atoms with Gasteiger partial charge in [-0.05, 0) is 19.4 Å². The second kappa shape index (κ2) is 3.96. The molecule has 0 saturated carbocycles. The Morgan fingerprint density at radius 2 is 2.06 bits per heavy atom. The fourth-order valence-electron chi connectivity index (χ4n) is 2.45. The fraction of sp³-hybridized carbons (Fsp3) is 0.385. The van der Waals surface area contributed by atoms with Crippen molar-refractivity contribution in [2.45, 2.75) is 18.5 Å². The Hall–Kier alpha value is -1.68. The largest absolute Gasteiger partial charge is 0.325 e. The monoisotopic (exact) mass is 229 g/mol. The minimum atomic E-state index is -0.402. The van der Waals surface area contributed by atoms with E-state index in [0.717, 1.165) is 31.5 Å². The third-order valence-corrected chi connectivity index (χ3v) is 3.30. The first-order chi connectivity index (χ1) is 8.29. The lowest BCUT2D eigenvalue weighted by molar-refractivity contribution is -0.115. The van der Waals surface area contributed by atoms with E-state index >= 15 is 0 Å². The zero-order valence-corrected chi connectivity index (χ0v) is 9.57. The van der Waals surface area contributed by atoms with Crippen LogP contribution in [0.15, 0.2) is 35.3 Å². The molecular weight excluding hydrogens is 214 g/mol. The Bertz CT molecular complexity index is 461. The van der Waals surface area contributed by atoms with E-state index in [1.54, 1.807) is 0 Å². The van der Waals surface area contributed by atoms with E-state index in [-0.39, 0.29) is 5.91 Å². The molecule has 4 heteroatoms. The van der Waals surface area contributed by atoms with Crippen molar-refractivity contribution in [3.05, 3.63) is 35.9 Å². The number of nitrogens with zero attached hydrogens (tertiary/aromatic N) is 1. The molecule has 1 spiro atoms. The van der Waals surface area contributed by atoms with E-state index in [4.69, 9.17) is 0 Å². The van der Waals surface area contributed by atoms with Crippen LogP contribution in [0.5, 0.6) is 0 Å². The van der Waals surface area contributed by atoms with E-state index in [0.29, 0.717) is 5.71 Å². The maximum absolute atomic E-state index is 12.0. The average Bonchev–Trinajstić information content (AvgIpc) is 2.68. The lowest BCUT2D eigenvalue weighted by atomic mass is 10.0. The third-order valence-electron chi connectivity index (χ3n) is 3.30. The zero-order valence-electron chi connectivity index (χ0n) is 9.57. The maximum Gasteiger partial charge on any atom is 0.272 e. The van der Waals surface area contributed by atoms with Gasteiger partial charge in [0.05, 0.1) is 0 Å². The minimum Gasteiger partial charge on any atom is -0.325 e. The summed E-state index contributed by atoms with van der Waals surface area (Å²) in [6.45, 7) is 1.74. The summed E-state index contributed by atoms with van der Waals surface area (Å²) in [7, 11) is 0. The summed E-state index contributed by atoms with van der Waals surface area (Å²) in [5.41, 5.74) is 1.06. The number of aliphatic imine (C=N–C) groups is 1. The van der Waals surface area contributed by atoms with Crippen LogP contribution in [0.1, 0.15) is 18.4 Å². The van der Waals surface area contributed by atoms with Crippen LogP contribution in [0.25, 0.3) is 0 Å². The Balaban J connectivity index is 1.94. The summed E-state index contributed by atoms with van der Waals surface area (Å²) in [6, 6.07) is 9.64. The highest BCUT2D eigenvalue weighted by atomic mass is 16.2. The first kappa shape index (κ1) is 10.5. The molecule has 1 amide bonds. The minimum absolute atomic E-state index is 0.0556. The number of hydrogen-bond acceptors (Lipinski definition) is 3. The van der Waals surface area contributed by atoms with Crippen molar-refractivity contribution >= 4 is 11.6 Å². The number of benzene rings is 1. The highest BCUT2D eigenvalue weighted by Gasteiger charge is 2.40. The Kier molecular flexibility index (Phi) is 2.44. The van der Waals surface area contributed by atoms with E-state index in [1.807, 2.05) is 30.3 Å². The molecule has 2 heterocycles.